The van der Waals surface area contributed by atoms with Gasteiger partial charge in [-0.25, -0.2) is 4.39 Å². The smallest absolute Gasteiger partial charge is 0.264 e. The van der Waals surface area contributed by atoms with Crippen LogP contribution in [0.2, 0.25) is 0 Å². The van der Waals surface area contributed by atoms with Crippen molar-refractivity contribution in [2.75, 3.05) is 5.75 Å². The van der Waals surface area contributed by atoms with Crippen molar-refractivity contribution in [2.45, 2.75) is 64.2 Å². The molecular weight excluding hydrogens is 315 g/mol. The summed E-state index contributed by atoms with van der Waals surface area (Å²) in [5.74, 6) is -0.0467. The van der Waals surface area contributed by atoms with Crippen molar-refractivity contribution in [3.8, 4) is 0 Å². The molecule has 1 saturated carbocycles. The maximum absolute atomic E-state index is 13.2. The van der Waals surface area contributed by atoms with E-state index in [4.69, 9.17) is 4.55 Å². The lowest BCUT2D eigenvalue weighted by Gasteiger charge is -2.43. The molecule has 1 fully saturated rings. The minimum Gasteiger partial charge on any atom is -0.286 e. The fraction of sp³-hybridized carbons (Fsp3) is 0.667. The zero-order chi connectivity index (χ0) is 16.9. The van der Waals surface area contributed by atoms with Crippen LogP contribution in [0.4, 0.5) is 4.39 Å². The highest BCUT2D eigenvalue weighted by molar-refractivity contribution is 7.85. The van der Waals surface area contributed by atoms with E-state index in [1.165, 1.54) is 31.4 Å². The Labute approximate surface area is 139 Å². The van der Waals surface area contributed by atoms with Gasteiger partial charge in [-0.3, -0.25) is 4.55 Å². The van der Waals surface area contributed by atoms with Crippen LogP contribution in [-0.4, -0.2) is 18.7 Å². The third-order valence-corrected chi connectivity index (χ3v) is 6.27. The fourth-order valence-electron chi connectivity index (χ4n) is 4.02. The number of unbranched alkanes of at least 4 members (excludes halogenated alkanes) is 1. The lowest BCUT2D eigenvalue weighted by atomic mass is 9.62. The summed E-state index contributed by atoms with van der Waals surface area (Å²) >= 11 is 0. The van der Waals surface area contributed by atoms with Gasteiger partial charge in [-0.2, -0.15) is 8.42 Å². The second kappa shape index (κ2) is 7.75. The quantitative estimate of drug-likeness (QED) is 0.564. The van der Waals surface area contributed by atoms with E-state index < -0.39 is 10.1 Å². The second-order valence-corrected chi connectivity index (χ2v) is 8.51. The van der Waals surface area contributed by atoms with Crippen LogP contribution in [0.1, 0.15) is 69.8 Å². The molecule has 1 aromatic rings. The summed E-state index contributed by atoms with van der Waals surface area (Å²) in [6.45, 7) is 2.21. The lowest BCUT2D eigenvalue weighted by Crippen LogP contribution is -2.30. The normalized spacial score (nSPS) is 19.4. The average Bonchev–Trinajstić information content (AvgIpc) is 2.52. The summed E-state index contributed by atoms with van der Waals surface area (Å²) in [4.78, 5) is 0. The Morgan fingerprint density at radius 2 is 1.74 bits per heavy atom. The third-order valence-electron chi connectivity index (χ3n) is 5.46. The predicted octanol–water partition coefficient (Wildman–Crippen LogP) is 4.94. The predicted molar refractivity (Wildman–Crippen MR) is 90.6 cm³/mol. The van der Waals surface area contributed by atoms with Crippen LogP contribution in [-0.2, 0) is 10.1 Å². The Bertz CT molecular complexity index is 589. The van der Waals surface area contributed by atoms with Crippen LogP contribution in [0.25, 0.3) is 0 Å². The summed E-state index contributed by atoms with van der Waals surface area (Å²) < 4.78 is 43.8. The number of hydrogen-bond donors (Lipinski definition) is 1. The van der Waals surface area contributed by atoms with Crippen molar-refractivity contribution < 1.29 is 17.4 Å². The van der Waals surface area contributed by atoms with E-state index in [1.807, 2.05) is 12.1 Å². The lowest BCUT2D eigenvalue weighted by molar-refractivity contribution is 0.132. The Balaban J connectivity index is 2.06. The van der Waals surface area contributed by atoms with Gasteiger partial charge in [0.25, 0.3) is 10.1 Å². The van der Waals surface area contributed by atoms with Gasteiger partial charge in [0.05, 0.1) is 5.75 Å². The molecule has 5 heteroatoms. The van der Waals surface area contributed by atoms with Crippen LogP contribution in [0.5, 0.6) is 0 Å². The van der Waals surface area contributed by atoms with E-state index in [1.54, 1.807) is 0 Å². The zero-order valence-electron chi connectivity index (χ0n) is 13.8. The highest BCUT2D eigenvalue weighted by atomic mass is 32.2. The molecule has 1 aromatic carbocycles. The number of benzene rings is 1. The van der Waals surface area contributed by atoms with Gasteiger partial charge >= 0.3 is 0 Å². The maximum atomic E-state index is 13.2. The van der Waals surface area contributed by atoms with Gasteiger partial charge in [-0.15, -0.1) is 0 Å². The molecule has 0 aliphatic heterocycles. The van der Waals surface area contributed by atoms with E-state index in [-0.39, 0.29) is 17.0 Å². The summed E-state index contributed by atoms with van der Waals surface area (Å²) in [5.41, 5.74) is 1.32. The van der Waals surface area contributed by atoms with Crippen LogP contribution < -0.4 is 0 Å². The molecule has 1 aliphatic carbocycles. The van der Waals surface area contributed by atoms with Gasteiger partial charge < -0.3 is 0 Å². The molecule has 1 atom stereocenters. The molecule has 1 aliphatic rings. The number of hydrogen-bond acceptors (Lipinski definition) is 2. The second-order valence-electron chi connectivity index (χ2n) is 6.94. The molecule has 130 valence electrons. The third kappa shape index (κ3) is 5.28. The van der Waals surface area contributed by atoms with Crippen molar-refractivity contribution in [3.05, 3.63) is 35.6 Å². The topological polar surface area (TPSA) is 54.4 Å². The Kier molecular flexibility index (Phi) is 6.20. The molecule has 0 radical (unpaired) electrons. The summed E-state index contributed by atoms with van der Waals surface area (Å²) in [7, 11) is -3.87. The van der Waals surface area contributed by atoms with Crippen LogP contribution in [0.3, 0.4) is 0 Å². The maximum Gasteiger partial charge on any atom is 0.264 e. The van der Waals surface area contributed by atoms with E-state index >= 15 is 0 Å². The first-order valence-corrected chi connectivity index (χ1v) is 10.1. The van der Waals surface area contributed by atoms with Crippen molar-refractivity contribution in [1.82, 2.24) is 0 Å². The summed E-state index contributed by atoms with van der Waals surface area (Å²) in [6, 6.07) is 6.77. The largest absolute Gasteiger partial charge is 0.286 e. The molecular formula is C18H27FO3S. The van der Waals surface area contributed by atoms with Gasteiger partial charge in [0, 0.05) is 0 Å². The molecule has 0 aromatic heterocycles. The molecule has 0 saturated heterocycles. The first-order chi connectivity index (χ1) is 10.8. The monoisotopic (exact) mass is 342 g/mol. The molecule has 1 unspecified atom stereocenters. The van der Waals surface area contributed by atoms with Crippen LogP contribution in [0, 0.1) is 11.2 Å². The molecule has 0 spiro atoms. The van der Waals surface area contributed by atoms with Crippen LogP contribution in [0.15, 0.2) is 24.3 Å². The van der Waals surface area contributed by atoms with Gasteiger partial charge in [-0.05, 0) is 54.7 Å². The van der Waals surface area contributed by atoms with Crippen molar-refractivity contribution in [2.24, 2.45) is 5.41 Å². The zero-order valence-corrected chi connectivity index (χ0v) is 14.6. The Morgan fingerprint density at radius 3 is 2.30 bits per heavy atom. The van der Waals surface area contributed by atoms with Gasteiger partial charge in [0.2, 0.25) is 0 Å². The minimum atomic E-state index is -3.87. The summed E-state index contributed by atoms with van der Waals surface area (Å²) in [5, 5.41) is 0. The molecule has 0 heterocycles. The Hall–Kier alpha value is -0.940. The molecule has 0 amide bonds. The average molecular weight is 342 g/mol. The molecule has 0 bridgehead atoms. The van der Waals surface area contributed by atoms with Gasteiger partial charge in [0.1, 0.15) is 5.82 Å². The minimum absolute atomic E-state index is 0.159. The van der Waals surface area contributed by atoms with Crippen LogP contribution >= 0.6 is 0 Å². The molecule has 1 N–H and O–H groups in total. The van der Waals surface area contributed by atoms with E-state index in [0.717, 1.165) is 31.2 Å². The van der Waals surface area contributed by atoms with E-state index in [0.29, 0.717) is 12.3 Å². The Morgan fingerprint density at radius 1 is 1.13 bits per heavy atom. The van der Waals surface area contributed by atoms with E-state index in [9.17, 15) is 12.8 Å². The standard InChI is InChI=1S/C18H27FO3S/c1-15(16-7-9-17(19)10-8-16)18(11-3-2-4-12-18)13-5-6-14-23(20,21)22/h7-10,15H,2-6,11-14H2,1H3,(H,20,21,22). The first kappa shape index (κ1) is 18.4. The number of halogens is 1. The van der Waals surface area contributed by atoms with Gasteiger partial charge in [-0.1, -0.05) is 44.7 Å². The fourth-order valence-corrected chi connectivity index (χ4v) is 4.59. The highest BCUT2D eigenvalue weighted by Gasteiger charge is 2.37. The highest BCUT2D eigenvalue weighted by Crippen LogP contribution is 2.50. The molecule has 23 heavy (non-hydrogen) atoms. The van der Waals surface area contributed by atoms with E-state index in [2.05, 4.69) is 6.92 Å². The SMILES string of the molecule is CC(c1ccc(F)cc1)C1(CCCCS(=O)(=O)O)CCCCC1. The van der Waals surface area contributed by atoms with Crippen molar-refractivity contribution >= 4 is 10.1 Å². The molecule has 3 nitrogen and oxygen atoms in total. The van der Waals surface area contributed by atoms with Crippen molar-refractivity contribution in [3.63, 3.8) is 0 Å². The number of rotatable bonds is 7. The first-order valence-electron chi connectivity index (χ1n) is 8.53. The van der Waals surface area contributed by atoms with Crippen molar-refractivity contribution in [1.29, 1.82) is 0 Å². The van der Waals surface area contributed by atoms with Gasteiger partial charge in [0.15, 0.2) is 0 Å². The molecule has 2 rings (SSSR count). The summed E-state index contributed by atoms with van der Waals surface area (Å²) in [6.07, 6.45) is 8.18.